The van der Waals surface area contributed by atoms with E-state index in [2.05, 4.69) is 36.3 Å². The SMILES string of the molecule is Cn1ncc(C#N)c1NC(=O)c1ccn(COc2ccc(C(C)(C)C)cc2)n1. The number of aryl methyl sites for hydroxylation is 1. The molecule has 1 amide bonds. The fraction of sp³-hybridized carbons (Fsp3) is 0.300. The zero-order valence-corrected chi connectivity index (χ0v) is 16.3. The fourth-order valence-corrected chi connectivity index (χ4v) is 2.59. The topological polar surface area (TPSA) is 97.8 Å². The Morgan fingerprint density at radius 2 is 1.96 bits per heavy atom. The molecule has 0 saturated heterocycles. The van der Waals surface area contributed by atoms with E-state index in [1.54, 1.807) is 19.3 Å². The number of ether oxygens (including phenoxy) is 1. The van der Waals surface area contributed by atoms with E-state index in [9.17, 15) is 4.79 Å². The summed E-state index contributed by atoms with van der Waals surface area (Å²) in [4.78, 5) is 12.4. The van der Waals surface area contributed by atoms with E-state index in [1.807, 2.05) is 30.3 Å². The minimum Gasteiger partial charge on any atom is -0.471 e. The van der Waals surface area contributed by atoms with Crippen LogP contribution in [0.4, 0.5) is 5.82 Å². The van der Waals surface area contributed by atoms with Gasteiger partial charge in [0.05, 0.1) is 6.20 Å². The first-order chi connectivity index (χ1) is 13.3. The number of benzene rings is 1. The summed E-state index contributed by atoms with van der Waals surface area (Å²) < 4.78 is 8.68. The highest BCUT2D eigenvalue weighted by molar-refractivity contribution is 6.02. The Balaban J connectivity index is 1.62. The highest BCUT2D eigenvalue weighted by atomic mass is 16.5. The monoisotopic (exact) mass is 378 g/mol. The number of nitrogens with zero attached hydrogens (tertiary/aromatic N) is 5. The molecule has 0 spiro atoms. The Morgan fingerprint density at radius 1 is 1.25 bits per heavy atom. The lowest BCUT2D eigenvalue weighted by Crippen LogP contribution is -2.17. The van der Waals surface area contributed by atoms with Crippen molar-refractivity contribution in [1.29, 1.82) is 5.26 Å². The second-order valence-corrected chi connectivity index (χ2v) is 7.38. The lowest BCUT2D eigenvalue weighted by molar-refractivity contribution is 0.101. The van der Waals surface area contributed by atoms with Crippen molar-refractivity contribution in [3.8, 4) is 11.8 Å². The first-order valence-electron chi connectivity index (χ1n) is 8.78. The fourth-order valence-electron chi connectivity index (χ4n) is 2.59. The van der Waals surface area contributed by atoms with Crippen molar-refractivity contribution in [2.75, 3.05) is 5.32 Å². The third-order valence-electron chi connectivity index (χ3n) is 4.25. The van der Waals surface area contributed by atoms with Gasteiger partial charge in [-0.15, -0.1) is 0 Å². The molecule has 0 fully saturated rings. The molecule has 144 valence electrons. The number of hydrogen-bond acceptors (Lipinski definition) is 5. The molecule has 1 aromatic carbocycles. The third-order valence-corrected chi connectivity index (χ3v) is 4.25. The van der Waals surface area contributed by atoms with Crippen LogP contribution in [0, 0.1) is 11.3 Å². The van der Waals surface area contributed by atoms with Gasteiger partial charge in [0, 0.05) is 13.2 Å². The first kappa shape index (κ1) is 19.2. The molecule has 0 aliphatic carbocycles. The van der Waals surface area contributed by atoms with Gasteiger partial charge in [-0.1, -0.05) is 32.9 Å². The van der Waals surface area contributed by atoms with E-state index in [-0.39, 0.29) is 23.4 Å². The molecule has 28 heavy (non-hydrogen) atoms. The van der Waals surface area contributed by atoms with E-state index in [0.717, 1.165) is 5.75 Å². The van der Waals surface area contributed by atoms with Gasteiger partial charge in [0.15, 0.2) is 12.4 Å². The number of carbonyl (C=O) groups is 1. The Labute approximate surface area is 163 Å². The molecule has 0 aliphatic heterocycles. The molecule has 8 heteroatoms. The smallest absolute Gasteiger partial charge is 0.277 e. The van der Waals surface area contributed by atoms with Crippen LogP contribution in [0.15, 0.2) is 42.7 Å². The second-order valence-electron chi connectivity index (χ2n) is 7.38. The predicted molar refractivity (Wildman–Crippen MR) is 104 cm³/mol. The quantitative estimate of drug-likeness (QED) is 0.736. The van der Waals surface area contributed by atoms with Gasteiger partial charge < -0.3 is 10.1 Å². The minimum atomic E-state index is -0.423. The third kappa shape index (κ3) is 4.20. The number of anilines is 1. The molecule has 3 rings (SSSR count). The molecular weight excluding hydrogens is 356 g/mol. The molecule has 3 aromatic rings. The van der Waals surface area contributed by atoms with Gasteiger partial charge in [0.25, 0.3) is 5.91 Å². The summed E-state index contributed by atoms with van der Waals surface area (Å²) in [6.07, 6.45) is 3.06. The van der Waals surface area contributed by atoms with Crippen LogP contribution in [0.2, 0.25) is 0 Å². The highest BCUT2D eigenvalue weighted by Gasteiger charge is 2.16. The number of carbonyl (C=O) groups excluding carboxylic acids is 1. The molecular formula is C20H22N6O2. The molecule has 2 aromatic heterocycles. The lowest BCUT2D eigenvalue weighted by Gasteiger charge is -2.19. The number of nitrogens with one attached hydrogen (secondary N) is 1. The van der Waals surface area contributed by atoms with Crippen LogP contribution in [0.1, 0.15) is 42.4 Å². The Kier molecular flexibility index (Phi) is 5.18. The van der Waals surface area contributed by atoms with Crippen molar-refractivity contribution in [1.82, 2.24) is 19.6 Å². The zero-order valence-electron chi connectivity index (χ0n) is 16.3. The molecule has 0 unspecified atom stereocenters. The number of hydrogen-bond donors (Lipinski definition) is 1. The summed E-state index contributed by atoms with van der Waals surface area (Å²) in [5.74, 6) is 0.633. The van der Waals surface area contributed by atoms with Gasteiger partial charge >= 0.3 is 0 Å². The van der Waals surface area contributed by atoms with Crippen molar-refractivity contribution < 1.29 is 9.53 Å². The van der Waals surface area contributed by atoms with Crippen LogP contribution < -0.4 is 10.1 Å². The van der Waals surface area contributed by atoms with Crippen LogP contribution in [0.5, 0.6) is 5.75 Å². The molecule has 0 aliphatic rings. The average Bonchev–Trinajstić information content (AvgIpc) is 3.27. The van der Waals surface area contributed by atoms with Gasteiger partial charge in [-0.2, -0.15) is 15.5 Å². The highest BCUT2D eigenvalue weighted by Crippen LogP contribution is 2.24. The Hall–Kier alpha value is -3.60. The largest absolute Gasteiger partial charge is 0.471 e. The summed E-state index contributed by atoms with van der Waals surface area (Å²) in [5.41, 5.74) is 1.82. The van der Waals surface area contributed by atoms with Crippen molar-refractivity contribution in [2.24, 2.45) is 7.05 Å². The van der Waals surface area contributed by atoms with E-state index < -0.39 is 5.91 Å². The number of nitriles is 1. The van der Waals surface area contributed by atoms with Crippen molar-refractivity contribution in [2.45, 2.75) is 32.9 Å². The zero-order chi connectivity index (χ0) is 20.3. The molecule has 0 bridgehead atoms. The Bertz CT molecular complexity index is 1020. The van der Waals surface area contributed by atoms with Crippen LogP contribution in [0.3, 0.4) is 0 Å². The van der Waals surface area contributed by atoms with Gasteiger partial charge in [-0.3, -0.25) is 9.48 Å². The summed E-state index contributed by atoms with van der Waals surface area (Å²) >= 11 is 0. The molecule has 2 heterocycles. The lowest BCUT2D eigenvalue weighted by atomic mass is 9.87. The van der Waals surface area contributed by atoms with E-state index in [1.165, 1.54) is 21.1 Å². The molecule has 0 atom stereocenters. The van der Waals surface area contributed by atoms with Gasteiger partial charge in [-0.25, -0.2) is 4.68 Å². The van der Waals surface area contributed by atoms with Crippen LogP contribution in [0.25, 0.3) is 0 Å². The summed E-state index contributed by atoms with van der Waals surface area (Å²) in [6.45, 7) is 6.65. The van der Waals surface area contributed by atoms with Crippen molar-refractivity contribution in [3.05, 3.63) is 59.5 Å². The van der Waals surface area contributed by atoms with E-state index in [4.69, 9.17) is 10.00 Å². The van der Waals surface area contributed by atoms with Crippen molar-refractivity contribution >= 4 is 11.7 Å². The summed E-state index contributed by atoms with van der Waals surface area (Å²) in [6, 6.07) is 11.5. The average molecular weight is 378 g/mol. The van der Waals surface area contributed by atoms with Crippen LogP contribution in [-0.2, 0) is 19.2 Å². The maximum Gasteiger partial charge on any atom is 0.277 e. The normalized spacial score (nSPS) is 11.1. The second kappa shape index (κ2) is 7.56. The number of rotatable bonds is 5. The van der Waals surface area contributed by atoms with Gasteiger partial charge in [0.2, 0.25) is 0 Å². The summed E-state index contributed by atoms with van der Waals surface area (Å²) in [5, 5.41) is 19.9. The van der Waals surface area contributed by atoms with Crippen molar-refractivity contribution in [3.63, 3.8) is 0 Å². The standard InChI is InChI=1S/C20H22N6O2/c1-20(2,3)15-5-7-16(8-6-15)28-13-26-10-9-17(24-26)19(27)23-18-14(11-21)12-22-25(18)4/h5-10,12H,13H2,1-4H3,(H,23,27). The van der Waals surface area contributed by atoms with E-state index in [0.29, 0.717) is 5.82 Å². The minimum absolute atomic E-state index is 0.0854. The predicted octanol–water partition coefficient (Wildman–Crippen LogP) is 3.07. The molecule has 1 N–H and O–H groups in total. The maximum absolute atomic E-state index is 12.4. The first-order valence-corrected chi connectivity index (χ1v) is 8.78. The van der Waals surface area contributed by atoms with E-state index >= 15 is 0 Å². The number of amides is 1. The van der Waals surface area contributed by atoms with Crippen LogP contribution >= 0.6 is 0 Å². The number of aromatic nitrogens is 4. The van der Waals surface area contributed by atoms with Gasteiger partial charge in [0.1, 0.15) is 23.2 Å². The Morgan fingerprint density at radius 3 is 2.61 bits per heavy atom. The van der Waals surface area contributed by atoms with Gasteiger partial charge in [-0.05, 0) is 29.2 Å². The maximum atomic E-state index is 12.4. The molecule has 0 saturated carbocycles. The summed E-state index contributed by atoms with van der Waals surface area (Å²) in [7, 11) is 1.65. The molecule has 0 radical (unpaired) electrons. The molecule has 8 nitrogen and oxygen atoms in total. The van der Waals surface area contributed by atoms with Crippen LogP contribution in [-0.4, -0.2) is 25.5 Å².